The number of aliphatic imine (C=N–C) groups is 1. The minimum atomic E-state index is 0.467. The minimum absolute atomic E-state index is 0.467. The number of rotatable bonds is 7. The molecule has 3 rings (SSSR count). The molecule has 1 aromatic heterocycles. The van der Waals surface area contributed by atoms with Crippen molar-refractivity contribution in [3.05, 3.63) is 47.8 Å². The molecule has 2 aromatic rings. The molecule has 1 heterocycles. The summed E-state index contributed by atoms with van der Waals surface area (Å²) in [5, 5.41) is 10.7. The van der Waals surface area contributed by atoms with Crippen LogP contribution in [0.4, 0.5) is 0 Å². The molecule has 1 aromatic carbocycles. The van der Waals surface area contributed by atoms with E-state index in [9.17, 15) is 0 Å². The highest BCUT2D eigenvalue weighted by atomic mass is 16.5. The highest BCUT2D eigenvalue weighted by Gasteiger charge is 2.11. The van der Waals surface area contributed by atoms with Gasteiger partial charge in [-0.05, 0) is 43.9 Å². The van der Waals surface area contributed by atoms with Crippen LogP contribution in [-0.2, 0) is 12.8 Å². The van der Waals surface area contributed by atoms with E-state index in [-0.39, 0.29) is 0 Å². The fraction of sp³-hybridized carbons (Fsp3) is 0.450. The molecule has 0 saturated heterocycles. The summed E-state index contributed by atoms with van der Waals surface area (Å²) in [7, 11) is 0. The first-order chi connectivity index (χ1) is 12.8. The van der Waals surface area contributed by atoms with Crippen LogP contribution in [0.2, 0.25) is 0 Å². The summed E-state index contributed by atoms with van der Waals surface area (Å²) < 4.78 is 5.28. The third kappa shape index (κ3) is 4.94. The van der Waals surface area contributed by atoms with Gasteiger partial charge in [-0.25, -0.2) is 0 Å². The lowest BCUT2D eigenvalue weighted by Crippen LogP contribution is -2.42. The van der Waals surface area contributed by atoms with Gasteiger partial charge < -0.3 is 15.2 Å². The lowest BCUT2D eigenvalue weighted by molar-refractivity contribution is 0.423. The number of nitrogens with one attached hydrogen (secondary N) is 2. The van der Waals surface area contributed by atoms with Gasteiger partial charge in [-0.1, -0.05) is 36.4 Å². The molecule has 26 heavy (non-hydrogen) atoms. The Morgan fingerprint density at radius 1 is 1.19 bits per heavy atom. The Balaban J connectivity index is 1.54. The molecule has 0 atom stereocenters. The van der Waals surface area contributed by atoms with Crippen molar-refractivity contribution in [1.82, 2.24) is 20.8 Å². The number of nitrogens with zero attached hydrogens (tertiary/aromatic N) is 3. The molecule has 0 unspecified atom stereocenters. The van der Waals surface area contributed by atoms with Crippen LogP contribution >= 0.6 is 0 Å². The zero-order valence-corrected chi connectivity index (χ0v) is 15.5. The van der Waals surface area contributed by atoms with Crippen molar-refractivity contribution in [2.45, 2.75) is 45.6 Å². The summed E-state index contributed by atoms with van der Waals surface area (Å²) in [6.45, 7) is 5.71. The predicted molar refractivity (Wildman–Crippen MR) is 104 cm³/mol. The Hall–Kier alpha value is -2.63. The molecule has 1 aliphatic carbocycles. The SMILES string of the molecule is CCNC(=NCCc1ccc(-c2nc(CC)no2)cc1)NC1CC=CC1. The zero-order chi connectivity index (χ0) is 18.2. The van der Waals surface area contributed by atoms with Gasteiger partial charge in [-0.2, -0.15) is 4.98 Å². The van der Waals surface area contributed by atoms with Gasteiger partial charge in [0.15, 0.2) is 11.8 Å². The molecule has 2 N–H and O–H groups in total. The van der Waals surface area contributed by atoms with Gasteiger partial charge in [0.25, 0.3) is 5.89 Å². The van der Waals surface area contributed by atoms with Gasteiger partial charge in [0.1, 0.15) is 0 Å². The van der Waals surface area contributed by atoms with Crippen LogP contribution in [-0.4, -0.2) is 35.2 Å². The molecule has 0 fully saturated rings. The normalized spacial score (nSPS) is 14.8. The lowest BCUT2D eigenvalue weighted by Gasteiger charge is -2.16. The highest BCUT2D eigenvalue weighted by molar-refractivity contribution is 5.80. The summed E-state index contributed by atoms with van der Waals surface area (Å²) in [4.78, 5) is 9.05. The fourth-order valence-corrected chi connectivity index (χ4v) is 2.87. The number of aryl methyl sites for hydroxylation is 1. The second-order valence-electron chi connectivity index (χ2n) is 6.36. The fourth-order valence-electron chi connectivity index (χ4n) is 2.87. The first-order valence-corrected chi connectivity index (χ1v) is 9.40. The van der Waals surface area contributed by atoms with E-state index in [0.717, 1.165) is 56.1 Å². The van der Waals surface area contributed by atoms with Crippen LogP contribution in [0.3, 0.4) is 0 Å². The Labute approximate surface area is 154 Å². The molecule has 0 amide bonds. The van der Waals surface area contributed by atoms with Gasteiger partial charge in [-0.15, -0.1) is 0 Å². The van der Waals surface area contributed by atoms with Crippen LogP contribution in [0.25, 0.3) is 11.5 Å². The van der Waals surface area contributed by atoms with E-state index < -0.39 is 0 Å². The Morgan fingerprint density at radius 2 is 1.96 bits per heavy atom. The third-order valence-electron chi connectivity index (χ3n) is 4.35. The Bertz CT molecular complexity index is 740. The number of aromatic nitrogens is 2. The van der Waals surface area contributed by atoms with Crippen LogP contribution in [0.1, 0.15) is 38.1 Å². The summed E-state index contributed by atoms with van der Waals surface area (Å²) in [6, 6.07) is 8.72. The van der Waals surface area contributed by atoms with Gasteiger partial charge in [0.2, 0.25) is 0 Å². The molecule has 0 spiro atoms. The molecule has 0 aliphatic heterocycles. The molecule has 0 saturated carbocycles. The van der Waals surface area contributed by atoms with Crippen LogP contribution < -0.4 is 10.6 Å². The molecule has 0 bridgehead atoms. The molecule has 1 aliphatic rings. The third-order valence-corrected chi connectivity index (χ3v) is 4.35. The van der Waals surface area contributed by atoms with Crippen molar-refractivity contribution in [2.24, 2.45) is 4.99 Å². The molecule has 6 nitrogen and oxygen atoms in total. The van der Waals surface area contributed by atoms with Crippen molar-refractivity contribution >= 4 is 5.96 Å². The zero-order valence-electron chi connectivity index (χ0n) is 15.5. The maximum Gasteiger partial charge on any atom is 0.257 e. The van der Waals surface area contributed by atoms with Crippen molar-refractivity contribution < 1.29 is 4.52 Å². The molecular formula is C20H27N5O. The molecule has 6 heteroatoms. The number of guanidine groups is 1. The summed E-state index contributed by atoms with van der Waals surface area (Å²) in [6.07, 6.45) is 8.25. The van der Waals surface area contributed by atoms with Crippen LogP contribution in [0.5, 0.6) is 0 Å². The predicted octanol–water partition coefficient (Wildman–Crippen LogP) is 3.12. The highest BCUT2D eigenvalue weighted by Crippen LogP contribution is 2.18. The number of hydrogen-bond donors (Lipinski definition) is 2. The minimum Gasteiger partial charge on any atom is -0.357 e. The van der Waals surface area contributed by atoms with Gasteiger partial charge in [-0.3, -0.25) is 4.99 Å². The number of benzene rings is 1. The Kier molecular flexibility index (Phi) is 6.41. The van der Waals surface area contributed by atoms with E-state index in [4.69, 9.17) is 9.52 Å². The van der Waals surface area contributed by atoms with E-state index >= 15 is 0 Å². The largest absolute Gasteiger partial charge is 0.357 e. The standard InChI is InChI=1S/C20H27N5O/c1-3-18-24-19(26-25-18)16-11-9-15(10-12-16)13-14-22-20(21-4-2)23-17-7-5-6-8-17/h5-6,9-12,17H,3-4,7-8,13-14H2,1-2H3,(H2,21,22,23). The molecular weight excluding hydrogens is 326 g/mol. The van der Waals surface area contributed by atoms with E-state index in [1.54, 1.807) is 0 Å². The van der Waals surface area contributed by atoms with Crippen LogP contribution in [0, 0.1) is 0 Å². The monoisotopic (exact) mass is 353 g/mol. The van der Waals surface area contributed by atoms with Gasteiger partial charge in [0, 0.05) is 31.1 Å². The van der Waals surface area contributed by atoms with Crippen molar-refractivity contribution in [3.63, 3.8) is 0 Å². The van der Waals surface area contributed by atoms with E-state index in [1.165, 1.54) is 5.56 Å². The first kappa shape index (κ1) is 18.2. The van der Waals surface area contributed by atoms with Crippen molar-refractivity contribution in [1.29, 1.82) is 0 Å². The maximum absolute atomic E-state index is 5.28. The molecule has 138 valence electrons. The molecule has 0 radical (unpaired) electrons. The number of hydrogen-bond acceptors (Lipinski definition) is 4. The average Bonchev–Trinajstić information content (AvgIpc) is 3.34. The topological polar surface area (TPSA) is 75.3 Å². The summed E-state index contributed by atoms with van der Waals surface area (Å²) in [5.74, 6) is 2.21. The van der Waals surface area contributed by atoms with E-state index in [1.807, 2.05) is 19.1 Å². The maximum atomic E-state index is 5.28. The van der Waals surface area contributed by atoms with Gasteiger partial charge in [0.05, 0.1) is 0 Å². The van der Waals surface area contributed by atoms with Crippen LogP contribution in [0.15, 0.2) is 45.9 Å². The average molecular weight is 353 g/mol. The second-order valence-corrected chi connectivity index (χ2v) is 6.36. The summed E-state index contributed by atoms with van der Waals surface area (Å²) >= 11 is 0. The first-order valence-electron chi connectivity index (χ1n) is 9.40. The van der Waals surface area contributed by atoms with E-state index in [2.05, 4.69) is 52.0 Å². The van der Waals surface area contributed by atoms with Crippen molar-refractivity contribution in [3.8, 4) is 11.5 Å². The quantitative estimate of drug-likeness (QED) is 0.454. The van der Waals surface area contributed by atoms with Gasteiger partial charge >= 0.3 is 0 Å². The summed E-state index contributed by atoms with van der Waals surface area (Å²) in [5.41, 5.74) is 2.19. The van der Waals surface area contributed by atoms with Crippen molar-refractivity contribution in [2.75, 3.05) is 13.1 Å². The Morgan fingerprint density at radius 3 is 2.62 bits per heavy atom. The second kappa shape index (κ2) is 9.17. The van der Waals surface area contributed by atoms with E-state index in [0.29, 0.717) is 11.9 Å². The lowest BCUT2D eigenvalue weighted by atomic mass is 10.1. The smallest absolute Gasteiger partial charge is 0.257 e.